The largest absolute Gasteiger partial charge is 0.346 e. The van der Waals surface area contributed by atoms with Crippen LogP contribution in [0.4, 0.5) is 5.13 Å². The highest BCUT2D eigenvalue weighted by atomic mass is 32.1. The maximum atomic E-state index is 13.1. The van der Waals surface area contributed by atoms with Gasteiger partial charge in [0.05, 0.1) is 10.2 Å². The highest BCUT2D eigenvalue weighted by molar-refractivity contribution is 7.22. The lowest BCUT2D eigenvalue weighted by Crippen LogP contribution is -2.43. The molecule has 0 spiro atoms. The highest BCUT2D eigenvalue weighted by Crippen LogP contribution is 2.37. The molecule has 1 N–H and O–H groups in total. The SMILES string of the molecule is Cc1cc(C(=O)C[C@H]2CCc3ccccc32)cc2sc(N3CCNCC3)nc12. The molecule has 0 saturated carbocycles. The van der Waals surface area contributed by atoms with E-state index in [4.69, 9.17) is 4.98 Å². The Labute approximate surface area is 169 Å². The fourth-order valence-electron chi connectivity index (χ4n) is 4.54. The average molecular weight is 392 g/mol. The van der Waals surface area contributed by atoms with Crippen molar-refractivity contribution in [1.29, 1.82) is 0 Å². The predicted molar refractivity (Wildman–Crippen MR) is 116 cm³/mol. The molecule has 5 rings (SSSR count). The molecule has 1 aliphatic heterocycles. The van der Waals surface area contributed by atoms with Crippen LogP contribution in [0.5, 0.6) is 0 Å². The van der Waals surface area contributed by atoms with Crippen molar-refractivity contribution in [2.24, 2.45) is 0 Å². The Morgan fingerprint density at radius 1 is 1.25 bits per heavy atom. The molecule has 1 saturated heterocycles. The summed E-state index contributed by atoms with van der Waals surface area (Å²) in [4.78, 5) is 20.3. The van der Waals surface area contributed by atoms with Crippen LogP contribution in [0.25, 0.3) is 10.2 Å². The zero-order valence-corrected chi connectivity index (χ0v) is 17.0. The van der Waals surface area contributed by atoms with E-state index in [2.05, 4.69) is 47.5 Å². The van der Waals surface area contributed by atoms with Gasteiger partial charge >= 0.3 is 0 Å². The van der Waals surface area contributed by atoms with Crippen LogP contribution in [-0.2, 0) is 6.42 Å². The summed E-state index contributed by atoms with van der Waals surface area (Å²) in [6.07, 6.45) is 2.78. The van der Waals surface area contributed by atoms with E-state index in [1.807, 2.05) is 6.07 Å². The number of fused-ring (bicyclic) bond motifs is 2. The number of ketones is 1. The van der Waals surface area contributed by atoms with Crippen molar-refractivity contribution in [1.82, 2.24) is 10.3 Å². The van der Waals surface area contributed by atoms with Crippen LogP contribution < -0.4 is 10.2 Å². The monoisotopic (exact) mass is 391 g/mol. The van der Waals surface area contributed by atoms with E-state index in [1.54, 1.807) is 11.3 Å². The van der Waals surface area contributed by atoms with Crippen molar-refractivity contribution in [2.45, 2.75) is 32.1 Å². The lowest BCUT2D eigenvalue weighted by atomic mass is 9.92. The molecule has 1 aliphatic carbocycles. The Bertz CT molecular complexity index is 1040. The van der Waals surface area contributed by atoms with Crippen LogP contribution in [0.3, 0.4) is 0 Å². The summed E-state index contributed by atoms with van der Waals surface area (Å²) in [7, 11) is 0. The third kappa shape index (κ3) is 3.23. The molecule has 4 nitrogen and oxygen atoms in total. The molecule has 0 bridgehead atoms. The second-order valence-electron chi connectivity index (χ2n) is 7.94. The molecule has 0 amide bonds. The Kier molecular flexibility index (Phi) is 4.65. The van der Waals surface area contributed by atoms with E-state index >= 15 is 0 Å². The number of hydrogen-bond acceptors (Lipinski definition) is 5. The highest BCUT2D eigenvalue weighted by Gasteiger charge is 2.25. The summed E-state index contributed by atoms with van der Waals surface area (Å²) in [6.45, 7) is 6.06. The van der Waals surface area contributed by atoms with Gasteiger partial charge in [0.2, 0.25) is 0 Å². The van der Waals surface area contributed by atoms with Crippen LogP contribution in [0.15, 0.2) is 36.4 Å². The molecule has 2 aromatic carbocycles. The fraction of sp³-hybridized carbons (Fsp3) is 0.391. The van der Waals surface area contributed by atoms with Crippen molar-refractivity contribution in [3.63, 3.8) is 0 Å². The molecular formula is C23H25N3OS. The first-order chi connectivity index (χ1) is 13.7. The van der Waals surface area contributed by atoms with E-state index in [0.717, 1.165) is 65.5 Å². The minimum atomic E-state index is 0.254. The number of aryl methyl sites for hydroxylation is 2. The average Bonchev–Trinajstić information content (AvgIpc) is 3.33. The van der Waals surface area contributed by atoms with E-state index in [-0.39, 0.29) is 5.78 Å². The van der Waals surface area contributed by atoms with E-state index in [1.165, 1.54) is 11.1 Å². The first kappa shape index (κ1) is 17.8. The Morgan fingerprint density at radius 3 is 2.93 bits per heavy atom. The maximum absolute atomic E-state index is 13.1. The zero-order valence-electron chi connectivity index (χ0n) is 16.2. The van der Waals surface area contributed by atoms with Crippen molar-refractivity contribution in [3.8, 4) is 0 Å². The maximum Gasteiger partial charge on any atom is 0.186 e. The van der Waals surface area contributed by atoms with E-state index < -0.39 is 0 Å². The Morgan fingerprint density at radius 2 is 2.07 bits per heavy atom. The summed E-state index contributed by atoms with van der Waals surface area (Å²) >= 11 is 1.72. The number of piperazine rings is 1. The topological polar surface area (TPSA) is 45.2 Å². The van der Waals surface area contributed by atoms with Crippen LogP contribution in [0.2, 0.25) is 0 Å². The van der Waals surface area contributed by atoms with Gasteiger partial charge in [0.1, 0.15) is 0 Å². The summed E-state index contributed by atoms with van der Waals surface area (Å²) in [6, 6.07) is 12.7. The number of rotatable bonds is 4. The first-order valence-corrected chi connectivity index (χ1v) is 11.0. The van der Waals surface area contributed by atoms with Gasteiger partial charge in [0.15, 0.2) is 10.9 Å². The Hall–Kier alpha value is -2.24. The lowest BCUT2D eigenvalue weighted by molar-refractivity contribution is 0.0973. The third-order valence-electron chi connectivity index (χ3n) is 6.07. The minimum absolute atomic E-state index is 0.254. The van der Waals surface area contributed by atoms with Gasteiger partial charge in [-0.1, -0.05) is 35.6 Å². The molecule has 0 unspecified atom stereocenters. The summed E-state index contributed by atoms with van der Waals surface area (Å²) in [5, 5.41) is 4.46. The van der Waals surface area contributed by atoms with Crippen LogP contribution in [0.1, 0.15) is 45.8 Å². The predicted octanol–water partition coefficient (Wildman–Crippen LogP) is 4.32. The van der Waals surface area contributed by atoms with Crippen molar-refractivity contribution >= 4 is 32.5 Å². The molecule has 144 valence electrons. The molecule has 28 heavy (non-hydrogen) atoms. The van der Waals surface area contributed by atoms with Crippen LogP contribution in [0, 0.1) is 6.92 Å². The van der Waals surface area contributed by atoms with Gasteiger partial charge in [0.25, 0.3) is 0 Å². The van der Waals surface area contributed by atoms with Crippen molar-refractivity contribution in [2.75, 3.05) is 31.1 Å². The molecule has 3 aromatic rings. The standard InChI is InChI=1S/C23H25N3OS/c1-15-12-18(20(27)13-17-7-6-16-4-2-3-5-19(16)17)14-21-22(15)25-23(28-21)26-10-8-24-9-11-26/h2-5,12,14,17,24H,6-11,13H2,1H3/t17-/m1/s1. The molecule has 1 fully saturated rings. The zero-order chi connectivity index (χ0) is 19.1. The Balaban J connectivity index is 1.40. The van der Waals surface area contributed by atoms with Crippen LogP contribution in [-0.4, -0.2) is 36.9 Å². The number of anilines is 1. The molecule has 2 aliphatic rings. The van der Waals surface area contributed by atoms with Gasteiger partial charge in [0, 0.05) is 38.2 Å². The first-order valence-electron chi connectivity index (χ1n) is 10.2. The van der Waals surface area contributed by atoms with Gasteiger partial charge in [-0.05, 0) is 54.5 Å². The quantitative estimate of drug-likeness (QED) is 0.673. The molecule has 0 radical (unpaired) electrons. The summed E-state index contributed by atoms with van der Waals surface area (Å²) in [5.74, 6) is 0.612. The molecule has 2 heterocycles. The second-order valence-corrected chi connectivity index (χ2v) is 8.94. The number of aromatic nitrogens is 1. The van der Waals surface area contributed by atoms with Gasteiger partial charge < -0.3 is 10.2 Å². The number of benzene rings is 2. The normalized spacial score (nSPS) is 19.2. The third-order valence-corrected chi connectivity index (χ3v) is 7.14. The van der Waals surface area contributed by atoms with Gasteiger partial charge in [-0.3, -0.25) is 4.79 Å². The van der Waals surface area contributed by atoms with Crippen LogP contribution >= 0.6 is 11.3 Å². The smallest absolute Gasteiger partial charge is 0.186 e. The number of hydrogen-bond donors (Lipinski definition) is 1. The number of nitrogens with zero attached hydrogens (tertiary/aromatic N) is 2. The number of nitrogens with one attached hydrogen (secondary N) is 1. The number of Topliss-reactive ketones (excluding diaryl/α,β-unsaturated/α-hetero) is 1. The number of carbonyl (C=O) groups excluding carboxylic acids is 1. The fourth-order valence-corrected chi connectivity index (χ4v) is 5.67. The summed E-state index contributed by atoms with van der Waals surface area (Å²) < 4.78 is 1.13. The molecule has 1 atom stereocenters. The van der Waals surface area contributed by atoms with Gasteiger partial charge in [-0.2, -0.15) is 0 Å². The van der Waals surface area contributed by atoms with Gasteiger partial charge in [-0.25, -0.2) is 4.98 Å². The van der Waals surface area contributed by atoms with E-state index in [0.29, 0.717) is 12.3 Å². The number of carbonyl (C=O) groups is 1. The molecule has 1 aromatic heterocycles. The van der Waals surface area contributed by atoms with Crippen molar-refractivity contribution < 1.29 is 4.79 Å². The minimum Gasteiger partial charge on any atom is -0.346 e. The van der Waals surface area contributed by atoms with Crippen molar-refractivity contribution in [3.05, 3.63) is 58.7 Å². The lowest BCUT2D eigenvalue weighted by Gasteiger charge is -2.26. The van der Waals surface area contributed by atoms with Gasteiger partial charge in [-0.15, -0.1) is 0 Å². The van der Waals surface area contributed by atoms with E-state index in [9.17, 15) is 4.79 Å². The second kappa shape index (κ2) is 7.30. The molecular weight excluding hydrogens is 366 g/mol. The molecule has 5 heteroatoms. The number of thiazole rings is 1. The summed E-state index contributed by atoms with van der Waals surface area (Å²) in [5.41, 5.74) is 5.76.